The molecule has 0 bridgehead atoms. The molecular weight excluding hydrogens is 212 g/mol. The molecule has 2 heteroatoms. The number of hydrogen-bond donors (Lipinski definition) is 0. The highest BCUT2D eigenvalue weighted by Gasteiger charge is 2.10. The van der Waals surface area contributed by atoms with Gasteiger partial charge in [-0.1, -0.05) is 51.2 Å². The number of esters is 1. The van der Waals surface area contributed by atoms with E-state index in [4.69, 9.17) is 4.74 Å². The molecule has 0 amide bonds. The first-order valence-electron chi connectivity index (χ1n) is 6.13. The SMILES string of the molecule is C=C(C#CCCCC)/C(=C\CCC)C(=O)OC. The molecule has 0 saturated carbocycles. The van der Waals surface area contributed by atoms with Crippen LogP contribution in [0.2, 0.25) is 0 Å². The molecule has 0 aliphatic heterocycles. The van der Waals surface area contributed by atoms with Crippen molar-refractivity contribution in [3.8, 4) is 11.8 Å². The zero-order valence-electron chi connectivity index (χ0n) is 11.1. The van der Waals surface area contributed by atoms with Gasteiger partial charge in [0.1, 0.15) is 0 Å². The van der Waals surface area contributed by atoms with Crippen molar-refractivity contribution in [3.63, 3.8) is 0 Å². The molecule has 0 unspecified atom stereocenters. The monoisotopic (exact) mass is 234 g/mol. The Hall–Kier alpha value is -1.49. The van der Waals surface area contributed by atoms with E-state index >= 15 is 0 Å². The van der Waals surface area contributed by atoms with Gasteiger partial charge in [0.15, 0.2) is 0 Å². The quantitative estimate of drug-likeness (QED) is 0.230. The zero-order chi connectivity index (χ0) is 13.1. The van der Waals surface area contributed by atoms with Crippen LogP contribution in [0.5, 0.6) is 0 Å². The topological polar surface area (TPSA) is 26.3 Å². The van der Waals surface area contributed by atoms with E-state index in [0.29, 0.717) is 11.1 Å². The molecule has 0 aromatic carbocycles. The molecule has 0 aliphatic rings. The van der Waals surface area contributed by atoms with Crippen molar-refractivity contribution in [2.24, 2.45) is 0 Å². The van der Waals surface area contributed by atoms with Gasteiger partial charge in [0, 0.05) is 12.0 Å². The summed E-state index contributed by atoms with van der Waals surface area (Å²) >= 11 is 0. The van der Waals surface area contributed by atoms with Crippen molar-refractivity contribution in [3.05, 3.63) is 23.8 Å². The van der Waals surface area contributed by atoms with Gasteiger partial charge in [0.05, 0.1) is 12.7 Å². The average molecular weight is 234 g/mol. The van der Waals surface area contributed by atoms with Gasteiger partial charge in [0.2, 0.25) is 0 Å². The molecule has 0 fully saturated rings. The van der Waals surface area contributed by atoms with Gasteiger partial charge in [-0.25, -0.2) is 4.79 Å². The van der Waals surface area contributed by atoms with Crippen molar-refractivity contribution < 1.29 is 9.53 Å². The molecule has 0 rings (SSSR count). The van der Waals surface area contributed by atoms with E-state index in [0.717, 1.165) is 32.1 Å². The lowest BCUT2D eigenvalue weighted by molar-refractivity contribution is -0.135. The molecule has 0 N–H and O–H groups in total. The third kappa shape index (κ3) is 6.63. The number of carbonyl (C=O) groups is 1. The maximum atomic E-state index is 11.5. The second-order valence-corrected chi connectivity index (χ2v) is 3.78. The minimum absolute atomic E-state index is 0.353. The van der Waals surface area contributed by atoms with Crippen LogP contribution in [-0.4, -0.2) is 13.1 Å². The first-order valence-corrected chi connectivity index (χ1v) is 6.13. The Morgan fingerprint density at radius 2 is 2.06 bits per heavy atom. The average Bonchev–Trinajstić information content (AvgIpc) is 2.34. The number of rotatable bonds is 6. The molecule has 0 aromatic rings. The summed E-state index contributed by atoms with van der Waals surface area (Å²) in [7, 11) is 1.37. The van der Waals surface area contributed by atoms with E-state index in [-0.39, 0.29) is 5.97 Å². The predicted molar refractivity (Wildman–Crippen MR) is 71.4 cm³/mol. The van der Waals surface area contributed by atoms with Crippen molar-refractivity contribution >= 4 is 5.97 Å². The van der Waals surface area contributed by atoms with Crippen LogP contribution < -0.4 is 0 Å². The van der Waals surface area contributed by atoms with Crippen LogP contribution in [0.25, 0.3) is 0 Å². The number of unbranched alkanes of at least 4 members (excludes halogenated alkanes) is 3. The van der Waals surface area contributed by atoms with E-state index < -0.39 is 0 Å². The van der Waals surface area contributed by atoms with E-state index in [1.807, 2.05) is 6.08 Å². The minimum Gasteiger partial charge on any atom is -0.465 e. The van der Waals surface area contributed by atoms with Crippen molar-refractivity contribution in [1.29, 1.82) is 0 Å². The molecule has 0 heterocycles. The molecular formula is C15H22O2. The Morgan fingerprint density at radius 1 is 1.35 bits per heavy atom. The fraction of sp³-hybridized carbons (Fsp3) is 0.533. The highest BCUT2D eigenvalue weighted by Crippen LogP contribution is 2.11. The largest absolute Gasteiger partial charge is 0.465 e. The maximum Gasteiger partial charge on any atom is 0.338 e. The lowest BCUT2D eigenvalue weighted by Gasteiger charge is -2.03. The van der Waals surface area contributed by atoms with Gasteiger partial charge in [-0.2, -0.15) is 0 Å². The maximum absolute atomic E-state index is 11.5. The molecule has 0 radical (unpaired) electrons. The molecule has 0 aromatic heterocycles. The lowest BCUT2D eigenvalue weighted by atomic mass is 10.1. The van der Waals surface area contributed by atoms with Gasteiger partial charge >= 0.3 is 5.97 Å². The van der Waals surface area contributed by atoms with Gasteiger partial charge in [0.25, 0.3) is 0 Å². The summed E-state index contributed by atoms with van der Waals surface area (Å²) in [5, 5.41) is 0. The Labute approximate surface area is 105 Å². The highest BCUT2D eigenvalue weighted by atomic mass is 16.5. The Kier molecular flexibility index (Phi) is 8.86. The highest BCUT2D eigenvalue weighted by molar-refractivity contribution is 5.94. The Morgan fingerprint density at radius 3 is 2.59 bits per heavy atom. The van der Waals surface area contributed by atoms with Crippen molar-refractivity contribution in [1.82, 2.24) is 0 Å². The van der Waals surface area contributed by atoms with E-state index in [1.165, 1.54) is 7.11 Å². The predicted octanol–water partition coefficient (Wildman–Crippen LogP) is 3.64. The van der Waals surface area contributed by atoms with Gasteiger partial charge in [-0.15, -0.1) is 0 Å². The standard InChI is InChI=1S/C15H22O2/c1-5-7-9-10-11-13(3)14(12-8-6-2)15(16)17-4/h12H,3,5-9H2,1-2,4H3/b14-12+. The Bertz CT molecular complexity index is 340. The second-order valence-electron chi connectivity index (χ2n) is 3.78. The van der Waals surface area contributed by atoms with Crippen molar-refractivity contribution in [2.45, 2.75) is 46.0 Å². The summed E-state index contributed by atoms with van der Waals surface area (Å²) in [5.41, 5.74) is 1.06. The summed E-state index contributed by atoms with van der Waals surface area (Å²) in [6.45, 7) is 8.01. The van der Waals surface area contributed by atoms with Crippen LogP contribution in [0.15, 0.2) is 23.8 Å². The van der Waals surface area contributed by atoms with E-state index in [9.17, 15) is 4.79 Å². The van der Waals surface area contributed by atoms with Crippen molar-refractivity contribution in [2.75, 3.05) is 7.11 Å². The van der Waals surface area contributed by atoms with E-state index in [1.54, 1.807) is 0 Å². The first-order chi connectivity index (χ1) is 8.17. The molecule has 2 nitrogen and oxygen atoms in total. The van der Waals surface area contributed by atoms with Crippen LogP contribution in [0.4, 0.5) is 0 Å². The molecule has 0 aliphatic carbocycles. The summed E-state index contributed by atoms with van der Waals surface area (Å²) in [5.74, 6) is 5.60. The number of hydrogen-bond acceptors (Lipinski definition) is 2. The zero-order valence-corrected chi connectivity index (χ0v) is 11.1. The fourth-order valence-corrected chi connectivity index (χ4v) is 1.23. The van der Waals surface area contributed by atoms with Crippen LogP contribution in [0.3, 0.4) is 0 Å². The first kappa shape index (κ1) is 15.5. The second kappa shape index (κ2) is 9.72. The van der Waals surface area contributed by atoms with Crippen LogP contribution in [0.1, 0.15) is 46.0 Å². The third-order valence-corrected chi connectivity index (χ3v) is 2.26. The Balaban J connectivity index is 4.63. The van der Waals surface area contributed by atoms with Crippen LogP contribution in [-0.2, 0) is 9.53 Å². The molecule has 0 atom stereocenters. The minimum atomic E-state index is -0.353. The molecule has 94 valence electrons. The third-order valence-electron chi connectivity index (χ3n) is 2.26. The summed E-state index contributed by atoms with van der Waals surface area (Å²) in [4.78, 5) is 11.5. The smallest absolute Gasteiger partial charge is 0.338 e. The number of ether oxygens (including phenoxy) is 1. The number of methoxy groups -OCH3 is 1. The van der Waals surface area contributed by atoms with Gasteiger partial charge < -0.3 is 4.74 Å². The number of allylic oxidation sites excluding steroid dienone is 1. The van der Waals surface area contributed by atoms with Crippen LogP contribution in [0, 0.1) is 11.8 Å². The molecule has 0 saturated heterocycles. The van der Waals surface area contributed by atoms with E-state index in [2.05, 4.69) is 32.3 Å². The summed E-state index contributed by atoms with van der Waals surface area (Å²) < 4.78 is 4.72. The summed E-state index contributed by atoms with van der Waals surface area (Å²) in [6, 6.07) is 0. The van der Waals surface area contributed by atoms with Crippen LogP contribution >= 0.6 is 0 Å². The lowest BCUT2D eigenvalue weighted by Crippen LogP contribution is -2.06. The van der Waals surface area contributed by atoms with Gasteiger partial charge in [-0.05, 0) is 12.8 Å². The molecule has 17 heavy (non-hydrogen) atoms. The normalized spacial score (nSPS) is 10.4. The molecule has 0 spiro atoms. The number of carbonyl (C=O) groups excluding carboxylic acids is 1. The van der Waals surface area contributed by atoms with Gasteiger partial charge in [-0.3, -0.25) is 0 Å². The fourth-order valence-electron chi connectivity index (χ4n) is 1.23. The summed E-state index contributed by atoms with van der Waals surface area (Å²) in [6.07, 6.45) is 6.71.